The topological polar surface area (TPSA) is 85.3 Å². The molecule has 0 radical (unpaired) electrons. The third-order valence-corrected chi connectivity index (χ3v) is 5.90. The van der Waals surface area contributed by atoms with Crippen LogP contribution in [0.2, 0.25) is 0 Å². The molecule has 1 N–H and O–H groups in total. The van der Waals surface area contributed by atoms with Crippen molar-refractivity contribution in [3.8, 4) is 17.2 Å². The monoisotopic (exact) mass is 473 g/mol. The van der Waals surface area contributed by atoms with E-state index in [2.05, 4.69) is 0 Å². The van der Waals surface area contributed by atoms with Crippen molar-refractivity contribution in [2.24, 2.45) is 0 Å². The molecule has 1 fully saturated rings. The van der Waals surface area contributed by atoms with Gasteiger partial charge in [-0.25, -0.2) is 4.79 Å². The van der Waals surface area contributed by atoms with Gasteiger partial charge in [0.2, 0.25) is 0 Å². The lowest BCUT2D eigenvalue weighted by molar-refractivity contribution is -0.145. The van der Waals surface area contributed by atoms with Crippen LogP contribution in [-0.4, -0.2) is 41.1 Å². The Bertz CT molecular complexity index is 1070. The van der Waals surface area contributed by atoms with Crippen LogP contribution in [0.25, 0.3) is 6.08 Å². The first-order valence-corrected chi connectivity index (χ1v) is 11.2. The number of thioether (sulfide) groups is 1. The molecular formula is C23H23NO6S2. The molecule has 1 amide bonds. The molecule has 1 aliphatic heterocycles. The van der Waals surface area contributed by atoms with Gasteiger partial charge in [0.1, 0.15) is 5.75 Å². The van der Waals surface area contributed by atoms with Crippen LogP contribution in [0, 0.1) is 0 Å². The molecule has 168 valence electrons. The molecule has 1 heterocycles. The first-order valence-electron chi connectivity index (χ1n) is 9.96. The number of anilines is 1. The number of benzene rings is 2. The van der Waals surface area contributed by atoms with Gasteiger partial charge in [-0.2, -0.15) is 0 Å². The van der Waals surface area contributed by atoms with Crippen molar-refractivity contribution < 1.29 is 28.9 Å². The van der Waals surface area contributed by atoms with Crippen molar-refractivity contribution in [3.63, 3.8) is 0 Å². The zero-order chi connectivity index (χ0) is 23.3. The fourth-order valence-corrected chi connectivity index (χ4v) is 4.36. The summed E-state index contributed by atoms with van der Waals surface area (Å²) in [5.74, 6) is -0.0228. The molecule has 2 aromatic carbocycles. The van der Waals surface area contributed by atoms with E-state index in [9.17, 15) is 14.7 Å². The quantitative estimate of drug-likeness (QED) is 0.413. The molecule has 2 aromatic rings. The minimum atomic E-state index is -1.05. The SMILES string of the molecule is CCOc1ccccc1N1C(=O)/C(=C\c2ccc(OC(CC)C(=O)O)c(OC)c2)SC1=S. The summed E-state index contributed by atoms with van der Waals surface area (Å²) in [5.41, 5.74) is 1.29. The molecule has 9 heteroatoms. The van der Waals surface area contributed by atoms with E-state index in [0.29, 0.717) is 50.8 Å². The number of methoxy groups -OCH3 is 1. The lowest BCUT2D eigenvalue weighted by atomic mass is 10.1. The molecule has 7 nitrogen and oxygen atoms in total. The van der Waals surface area contributed by atoms with Gasteiger partial charge < -0.3 is 19.3 Å². The van der Waals surface area contributed by atoms with E-state index < -0.39 is 12.1 Å². The van der Waals surface area contributed by atoms with Crippen molar-refractivity contribution in [3.05, 3.63) is 52.9 Å². The Labute approximate surface area is 196 Å². The number of carboxylic acids is 1. The summed E-state index contributed by atoms with van der Waals surface area (Å²) in [4.78, 5) is 26.3. The summed E-state index contributed by atoms with van der Waals surface area (Å²) in [6.45, 7) is 4.07. The van der Waals surface area contributed by atoms with Crippen LogP contribution in [0.5, 0.6) is 17.2 Å². The van der Waals surface area contributed by atoms with Gasteiger partial charge in [0, 0.05) is 0 Å². The molecule has 32 heavy (non-hydrogen) atoms. The first-order chi connectivity index (χ1) is 15.4. The van der Waals surface area contributed by atoms with Gasteiger partial charge in [0.15, 0.2) is 21.9 Å². The van der Waals surface area contributed by atoms with Gasteiger partial charge in [-0.3, -0.25) is 9.69 Å². The molecular weight excluding hydrogens is 450 g/mol. The molecule has 0 spiro atoms. The predicted molar refractivity (Wildman–Crippen MR) is 129 cm³/mol. The Hall–Kier alpha value is -3.04. The predicted octanol–water partition coefficient (Wildman–Crippen LogP) is 4.74. The van der Waals surface area contributed by atoms with Crippen LogP contribution in [0.1, 0.15) is 25.8 Å². The van der Waals surface area contributed by atoms with Crippen molar-refractivity contribution in [2.75, 3.05) is 18.6 Å². The molecule has 0 saturated carbocycles. The summed E-state index contributed by atoms with van der Waals surface area (Å²) >= 11 is 6.66. The fraction of sp³-hybridized carbons (Fsp3) is 0.261. The van der Waals surface area contributed by atoms with Crippen molar-refractivity contribution in [1.29, 1.82) is 0 Å². The molecule has 1 aliphatic rings. The van der Waals surface area contributed by atoms with E-state index >= 15 is 0 Å². The number of aliphatic carboxylic acids is 1. The lowest BCUT2D eigenvalue weighted by Crippen LogP contribution is -2.28. The number of thiocarbonyl (C=S) groups is 1. The summed E-state index contributed by atoms with van der Waals surface area (Å²) < 4.78 is 17.0. The van der Waals surface area contributed by atoms with Crippen LogP contribution in [-0.2, 0) is 9.59 Å². The minimum Gasteiger partial charge on any atom is -0.493 e. The Balaban J connectivity index is 1.88. The molecule has 1 saturated heterocycles. The number of para-hydroxylation sites is 2. The van der Waals surface area contributed by atoms with Gasteiger partial charge in [-0.1, -0.05) is 49.1 Å². The second kappa shape index (κ2) is 10.5. The van der Waals surface area contributed by atoms with Gasteiger partial charge in [0.25, 0.3) is 5.91 Å². The summed E-state index contributed by atoms with van der Waals surface area (Å²) in [6.07, 6.45) is 1.05. The number of ether oxygens (including phenoxy) is 3. The van der Waals surface area contributed by atoms with Crippen LogP contribution in [0.4, 0.5) is 5.69 Å². The number of amides is 1. The summed E-state index contributed by atoms with van der Waals surface area (Å²) in [5, 5.41) is 9.23. The van der Waals surface area contributed by atoms with E-state index in [4.69, 9.17) is 26.4 Å². The Kier molecular flexibility index (Phi) is 7.76. The second-order valence-electron chi connectivity index (χ2n) is 6.68. The van der Waals surface area contributed by atoms with Gasteiger partial charge in [-0.15, -0.1) is 0 Å². The highest BCUT2D eigenvalue weighted by Gasteiger charge is 2.35. The molecule has 1 atom stereocenters. The number of nitrogens with zero attached hydrogens (tertiary/aromatic N) is 1. The van der Waals surface area contributed by atoms with Crippen LogP contribution in [0.15, 0.2) is 47.4 Å². The van der Waals surface area contributed by atoms with E-state index in [1.165, 1.54) is 23.8 Å². The number of carbonyl (C=O) groups excluding carboxylic acids is 1. The average Bonchev–Trinajstić information content (AvgIpc) is 3.05. The Morgan fingerprint density at radius 3 is 2.59 bits per heavy atom. The number of hydrogen-bond acceptors (Lipinski definition) is 7. The van der Waals surface area contributed by atoms with Gasteiger partial charge >= 0.3 is 5.97 Å². The Morgan fingerprint density at radius 1 is 1.19 bits per heavy atom. The normalized spacial score (nSPS) is 15.7. The standard InChI is InChI=1S/C23H23NO6S2/c1-4-16(22(26)27)30-18-11-10-14(12-19(18)28-3)13-20-21(25)24(23(31)32-20)15-8-6-7-9-17(15)29-5-2/h6-13,16H,4-5H2,1-3H3,(H,26,27)/b20-13+. The van der Waals surface area contributed by atoms with Crippen LogP contribution in [0.3, 0.4) is 0 Å². The third kappa shape index (κ3) is 5.05. The molecule has 0 bridgehead atoms. The zero-order valence-electron chi connectivity index (χ0n) is 17.9. The molecule has 1 unspecified atom stereocenters. The van der Waals surface area contributed by atoms with E-state index in [1.807, 2.05) is 19.1 Å². The van der Waals surface area contributed by atoms with Gasteiger partial charge in [-0.05, 0) is 49.2 Å². The third-order valence-electron chi connectivity index (χ3n) is 4.60. The van der Waals surface area contributed by atoms with Crippen molar-refractivity contribution >= 4 is 51.9 Å². The molecule has 3 rings (SSSR count). The number of hydrogen-bond donors (Lipinski definition) is 1. The lowest BCUT2D eigenvalue weighted by Gasteiger charge is -2.18. The highest BCUT2D eigenvalue weighted by Crippen LogP contribution is 2.40. The highest BCUT2D eigenvalue weighted by atomic mass is 32.2. The minimum absolute atomic E-state index is 0.247. The van der Waals surface area contributed by atoms with Crippen molar-refractivity contribution in [2.45, 2.75) is 26.4 Å². The maximum Gasteiger partial charge on any atom is 0.344 e. The smallest absolute Gasteiger partial charge is 0.344 e. The number of carbonyl (C=O) groups is 2. The molecule has 0 aliphatic carbocycles. The number of carboxylic acid groups (broad SMARTS) is 1. The zero-order valence-corrected chi connectivity index (χ0v) is 19.5. The second-order valence-corrected chi connectivity index (χ2v) is 8.36. The Morgan fingerprint density at radius 2 is 1.94 bits per heavy atom. The number of rotatable bonds is 9. The van der Waals surface area contributed by atoms with Crippen LogP contribution < -0.4 is 19.1 Å². The summed E-state index contributed by atoms with van der Waals surface area (Å²) in [7, 11) is 1.47. The maximum atomic E-state index is 13.1. The molecule has 0 aromatic heterocycles. The van der Waals surface area contributed by atoms with E-state index in [0.717, 1.165) is 0 Å². The van der Waals surface area contributed by atoms with Gasteiger partial charge in [0.05, 0.1) is 24.3 Å². The highest BCUT2D eigenvalue weighted by molar-refractivity contribution is 8.27. The van der Waals surface area contributed by atoms with Crippen molar-refractivity contribution in [1.82, 2.24) is 0 Å². The summed E-state index contributed by atoms with van der Waals surface area (Å²) in [6, 6.07) is 12.3. The fourth-order valence-electron chi connectivity index (χ4n) is 3.08. The first kappa shape index (κ1) is 23.6. The van der Waals surface area contributed by atoms with E-state index in [-0.39, 0.29) is 5.91 Å². The average molecular weight is 474 g/mol. The largest absolute Gasteiger partial charge is 0.493 e. The van der Waals surface area contributed by atoms with E-state index in [1.54, 1.807) is 43.3 Å². The van der Waals surface area contributed by atoms with Crippen LogP contribution >= 0.6 is 24.0 Å². The maximum absolute atomic E-state index is 13.1.